The molecule has 2 aromatic rings. The summed E-state index contributed by atoms with van der Waals surface area (Å²) >= 11 is 3.42. The van der Waals surface area contributed by atoms with Crippen LogP contribution in [0.4, 0.5) is 5.82 Å². The van der Waals surface area contributed by atoms with Crippen LogP contribution in [-0.4, -0.2) is 39.6 Å². The first-order chi connectivity index (χ1) is 12.0. The minimum Gasteiger partial charge on any atom is -0.338 e. The van der Waals surface area contributed by atoms with E-state index in [0.717, 1.165) is 15.6 Å². The molecule has 0 saturated carbocycles. The summed E-state index contributed by atoms with van der Waals surface area (Å²) in [6.07, 6.45) is 3.43. The number of benzene rings is 1. The predicted molar refractivity (Wildman–Crippen MR) is 99.9 cm³/mol. The number of nitrogens with zero attached hydrogens (tertiary/aromatic N) is 3. The zero-order chi connectivity index (χ0) is 18.0. The van der Waals surface area contributed by atoms with Gasteiger partial charge in [0.25, 0.3) is 0 Å². The van der Waals surface area contributed by atoms with Crippen LogP contribution < -0.4 is 5.32 Å². The summed E-state index contributed by atoms with van der Waals surface area (Å²) in [5.41, 5.74) is 1.86. The van der Waals surface area contributed by atoms with Crippen molar-refractivity contribution in [2.24, 2.45) is 13.0 Å². The van der Waals surface area contributed by atoms with Gasteiger partial charge in [-0.2, -0.15) is 5.10 Å². The average molecular weight is 403 g/mol. The summed E-state index contributed by atoms with van der Waals surface area (Å²) in [6, 6.07) is 7.85. The Kier molecular flexibility index (Phi) is 5.03. The summed E-state index contributed by atoms with van der Waals surface area (Å²) in [5, 5.41) is 7.21. The highest BCUT2D eigenvalue weighted by Crippen LogP contribution is 2.29. The molecule has 7 heteroatoms. The molecule has 0 atom stereocenters. The number of likely N-dealkylation sites (tertiary alicyclic amines) is 1. The molecule has 1 aliphatic heterocycles. The van der Waals surface area contributed by atoms with Crippen LogP contribution in [0.15, 0.2) is 47.6 Å². The van der Waals surface area contributed by atoms with Gasteiger partial charge in [0.15, 0.2) is 0 Å². The fraction of sp³-hybridized carbons (Fsp3) is 0.278. The number of carbonyl (C=O) groups excluding carboxylic acids is 2. The molecule has 1 aromatic carbocycles. The molecule has 1 fully saturated rings. The third-order valence-corrected chi connectivity index (χ3v) is 4.80. The van der Waals surface area contributed by atoms with Crippen LogP contribution in [0, 0.1) is 5.92 Å². The van der Waals surface area contributed by atoms with E-state index in [1.807, 2.05) is 24.3 Å². The van der Waals surface area contributed by atoms with Gasteiger partial charge in [-0.3, -0.25) is 14.3 Å². The summed E-state index contributed by atoms with van der Waals surface area (Å²) in [4.78, 5) is 25.5. The Morgan fingerprint density at radius 2 is 2.04 bits per heavy atom. The molecule has 2 heterocycles. The topological polar surface area (TPSA) is 67.2 Å². The van der Waals surface area contributed by atoms with Crippen molar-refractivity contribution >= 4 is 33.6 Å². The first kappa shape index (κ1) is 17.4. The Bertz CT molecular complexity index is 807. The lowest BCUT2D eigenvalue weighted by Crippen LogP contribution is -2.50. The Balaban J connectivity index is 1.64. The van der Waals surface area contributed by atoms with Crippen LogP contribution in [0.3, 0.4) is 0 Å². The lowest BCUT2D eigenvalue weighted by atomic mass is 9.96. The highest BCUT2D eigenvalue weighted by molar-refractivity contribution is 9.10. The Morgan fingerprint density at radius 1 is 1.36 bits per heavy atom. The fourth-order valence-corrected chi connectivity index (χ4v) is 3.14. The van der Waals surface area contributed by atoms with Gasteiger partial charge in [-0.05, 0) is 23.8 Å². The maximum atomic E-state index is 12.4. The smallest absolute Gasteiger partial charge is 0.245 e. The van der Waals surface area contributed by atoms with Crippen LogP contribution in [0.25, 0.3) is 11.1 Å². The summed E-state index contributed by atoms with van der Waals surface area (Å²) < 4.78 is 2.65. The highest BCUT2D eigenvalue weighted by atomic mass is 79.9. The molecule has 25 heavy (non-hydrogen) atoms. The third kappa shape index (κ3) is 3.82. The van der Waals surface area contributed by atoms with Gasteiger partial charge < -0.3 is 10.2 Å². The van der Waals surface area contributed by atoms with Crippen molar-refractivity contribution in [1.82, 2.24) is 14.7 Å². The minimum absolute atomic E-state index is 0.0716. The normalized spacial score (nSPS) is 14.1. The molecular formula is C18H19BrN4O2. The van der Waals surface area contributed by atoms with Crippen molar-refractivity contribution in [1.29, 1.82) is 0 Å². The number of hydrogen-bond acceptors (Lipinski definition) is 3. The maximum absolute atomic E-state index is 12.4. The standard InChI is InChI=1S/C18H19BrN4O2/c1-3-17(25)23-10-12(11-23)8-16(24)21-18-15(9-20-22(18)2)13-4-6-14(19)7-5-13/h3-7,9,12H,1,8,10-11H2,2H3,(H,21,24). The van der Waals surface area contributed by atoms with Gasteiger partial charge in [0.05, 0.1) is 6.20 Å². The predicted octanol–water partition coefficient (Wildman–Crippen LogP) is 2.82. The van der Waals surface area contributed by atoms with E-state index in [2.05, 4.69) is 32.9 Å². The van der Waals surface area contributed by atoms with Crippen molar-refractivity contribution in [2.45, 2.75) is 6.42 Å². The van der Waals surface area contributed by atoms with Gasteiger partial charge in [0, 0.05) is 42.5 Å². The van der Waals surface area contributed by atoms with Crippen LogP contribution in [-0.2, 0) is 16.6 Å². The summed E-state index contributed by atoms with van der Waals surface area (Å²) in [7, 11) is 1.80. The van der Waals surface area contributed by atoms with Crippen LogP contribution >= 0.6 is 15.9 Å². The second-order valence-corrected chi connectivity index (χ2v) is 7.02. The second kappa shape index (κ2) is 7.23. The molecule has 6 nitrogen and oxygen atoms in total. The lowest BCUT2D eigenvalue weighted by molar-refractivity contribution is -0.134. The molecule has 0 radical (unpaired) electrons. The summed E-state index contributed by atoms with van der Waals surface area (Å²) in [5.74, 6) is 0.706. The fourth-order valence-electron chi connectivity index (χ4n) is 2.88. The zero-order valence-electron chi connectivity index (χ0n) is 13.9. The highest BCUT2D eigenvalue weighted by Gasteiger charge is 2.31. The molecule has 130 valence electrons. The van der Waals surface area contributed by atoms with Gasteiger partial charge >= 0.3 is 0 Å². The van der Waals surface area contributed by atoms with Crippen LogP contribution in [0.5, 0.6) is 0 Å². The number of aryl methyl sites for hydroxylation is 1. The molecule has 1 saturated heterocycles. The lowest BCUT2D eigenvalue weighted by Gasteiger charge is -2.38. The number of amides is 2. The number of halogens is 1. The van der Waals surface area contributed by atoms with Gasteiger partial charge in [0.2, 0.25) is 11.8 Å². The minimum atomic E-state index is -0.0826. The van der Waals surface area contributed by atoms with Gasteiger partial charge in [-0.1, -0.05) is 34.6 Å². The molecule has 0 unspecified atom stereocenters. The third-order valence-electron chi connectivity index (χ3n) is 4.27. The number of carbonyl (C=O) groups is 2. The number of anilines is 1. The molecule has 1 aromatic heterocycles. The monoisotopic (exact) mass is 402 g/mol. The van der Waals surface area contributed by atoms with Crippen molar-refractivity contribution in [3.63, 3.8) is 0 Å². The average Bonchev–Trinajstić information content (AvgIpc) is 2.91. The van der Waals surface area contributed by atoms with E-state index in [1.165, 1.54) is 6.08 Å². The van der Waals surface area contributed by atoms with Gasteiger partial charge in [-0.25, -0.2) is 0 Å². The number of rotatable bonds is 5. The van der Waals surface area contributed by atoms with E-state index in [-0.39, 0.29) is 17.7 Å². The molecule has 0 bridgehead atoms. The van der Waals surface area contributed by atoms with E-state index in [0.29, 0.717) is 25.3 Å². The van der Waals surface area contributed by atoms with E-state index < -0.39 is 0 Å². The molecule has 1 aliphatic rings. The van der Waals surface area contributed by atoms with E-state index in [1.54, 1.807) is 22.8 Å². The van der Waals surface area contributed by atoms with E-state index in [9.17, 15) is 9.59 Å². The van der Waals surface area contributed by atoms with E-state index >= 15 is 0 Å². The first-order valence-corrected chi connectivity index (χ1v) is 8.76. The maximum Gasteiger partial charge on any atom is 0.245 e. The molecule has 2 amide bonds. The number of nitrogens with one attached hydrogen (secondary N) is 1. The Labute approximate surface area is 154 Å². The molecular weight excluding hydrogens is 384 g/mol. The molecule has 3 rings (SSSR count). The quantitative estimate of drug-likeness (QED) is 0.781. The molecule has 1 N–H and O–H groups in total. The number of aromatic nitrogens is 2. The first-order valence-electron chi connectivity index (χ1n) is 7.97. The van der Waals surface area contributed by atoms with Crippen LogP contribution in [0.1, 0.15) is 6.42 Å². The number of hydrogen-bond donors (Lipinski definition) is 1. The molecule has 0 aliphatic carbocycles. The van der Waals surface area contributed by atoms with Crippen molar-refractivity contribution < 1.29 is 9.59 Å². The Hall–Kier alpha value is -2.41. The van der Waals surface area contributed by atoms with Crippen LogP contribution in [0.2, 0.25) is 0 Å². The largest absolute Gasteiger partial charge is 0.338 e. The van der Waals surface area contributed by atoms with Gasteiger partial charge in [0.1, 0.15) is 5.82 Å². The Morgan fingerprint density at radius 3 is 2.68 bits per heavy atom. The van der Waals surface area contributed by atoms with Crippen molar-refractivity contribution in [3.8, 4) is 11.1 Å². The molecule has 0 spiro atoms. The second-order valence-electron chi connectivity index (χ2n) is 6.10. The van der Waals surface area contributed by atoms with Crippen molar-refractivity contribution in [3.05, 3.63) is 47.6 Å². The summed E-state index contributed by atoms with van der Waals surface area (Å²) in [6.45, 7) is 4.67. The van der Waals surface area contributed by atoms with Crippen molar-refractivity contribution in [2.75, 3.05) is 18.4 Å². The van der Waals surface area contributed by atoms with E-state index in [4.69, 9.17) is 0 Å². The van der Waals surface area contributed by atoms with Gasteiger partial charge in [-0.15, -0.1) is 0 Å². The SMILES string of the molecule is C=CC(=O)N1CC(CC(=O)Nc2c(-c3ccc(Br)cc3)cnn2C)C1. The zero-order valence-corrected chi connectivity index (χ0v) is 15.5.